The number of piperidine rings is 1. The summed E-state index contributed by atoms with van der Waals surface area (Å²) in [7, 11) is 3.46. The van der Waals surface area contributed by atoms with Crippen molar-refractivity contribution in [1.29, 1.82) is 0 Å². The topological polar surface area (TPSA) is 51.2 Å². The number of benzene rings is 2. The van der Waals surface area contributed by atoms with Gasteiger partial charge in [-0.25, -0.2) is 0 Å². The molecule has 1 N–H and O–H groups in total. The van der Waals surface area contributed by atoms with Crippen molar-refractivity contribution in [2.24, 2.45) is 11.8 Å². The molecule has 2 aliphatic heterocycles. The Morgan fingerprint density at radius 3 is 2.35 bits per heavy atom. The van der Waals surface area contributed by atoms with E-state index in [0.717, 1.165) is 43.8 Å². The van der Waals surface area contributed by atoms with E-state index in [1.54, 1.807) is 14.2 Å². The Bertz CT molecular complexity index is 928. The van der Waals surface area contributed by atoms with E-state index in [2.05, 4.69) is 35.2 Å². The summed E-state index contributed by atoms with van der Waals surface area (Å²) in [5.74, 6) is 1.76. The van der Waals surface area contributed by atoms with Crippen LogP contribution < -0.4 is 4.90 Å². The third-order valence-corrected chi connectivity index (χ3v) is 8.33. The Labute approximate surface area is 204 Å². The van der Waals surface area contributed by atoms with Gasteiger partial charge in [-0.3, -0.25) is 0 Å². The van der Waals surface area contributed by atoms with Gasteiger partial charge >= 0.3 is 0 Å². The second-order valence-electron chi connectivity index (χ2n) is 10.4. The van der Waals surface area contributed by atoms with Crippen LogP contribution in [0.4, 0.5) is 5.69 Å². The summed E-state index contributed by atoms with van der Waals surface area (Å²) in [6.45, 7) is 2.63. The standard InChI is InChI=1S/C29H39NO4/c1-32-29(33-2)22-13-15-30(16-14-22)24-9-7-21(8-10-24)28-26-12-11-25(31)18-23(26)19-34-27(28)17-20-5-3-4-6-20/h7-12,18,20,22,27-29,31H,3-6,13-17,19H2,1-2H3/t27-,28-/m0/s1. The third-order valence-electron chi connectivity index (χ3n) is 8.33. The van der Waals surface area contributed by atoms with Gasteiger partial charge < -0.3 is 24.2 Å². The summed E-state index contributed by atoms with van der Waals surface area (Å²) >= 11 is 0. The molecule has 0 radical (unpaired) electrons. The summed E-state index contributed by atoms with van der Waals surface area (Å²) in [6, 6.07) is 15.0. The maximum absolute atomic E-state index is 10.0. The van der Waals surface area contributed by atoms with Crippen molar-refractivity contribution in [3.8, 4) is 5.75 Å². The van der Waals surface area contributed by atoms with Crippen LogP contribution in [-0.2, 0) is 20.8 Å². The van der Waals surface area contributed by atoms with Crippen molar-refractivity contribution in [3.05, 3.63) is 59.2 Å². The van der Waals surface area contributed by atoms with Crippen LogP contribution >= 0.6 is 0 Å². The zero-order chi connectivity index (χ0) is 23.5. The quantitative estimate of drug-likeness (QED) is 0.521. The summed E-state index contributed by atoms with van der Waals surface area (Å²) in [5, 5.41) is 10.0. The SMILES string of the molecule is COC(OC)C1CCN(c2ccc([C@H]3c4ccc(O)cc4CO[C@H]3CC3CCCC3)cc2)CC1. The summed E-state index contributed by atoms with van der Waals surface area (Å²) < 4.78 is 17.4. The van der Waals surface area contributed by atoms with Gasteiger partial charge in [0.1, 0.15) is 5.75 Å². The Morgan fingerprint density at radius 2 is 1.68 bits per heavy atom. The van der Waals surface area contributed by atoms with Crippen LogP contribution in [0.15, 0.2) is 42.5 Å². The van der Waals surface area contributed by atoms with Gasteiger partial charge in [-0.05, 0) is 66.1 Å². The number of ether oxygens (including phenoxy) is 3. The van der Waals surface area contributed by atoms with Crippen LogP contribution in [0.2, 0.25) is 0 Å². The van der Waals surface area contributed by atoms with Gasteiger partial charge in [0.05, 0.1) is 12.7 Å². The Morgan fingerprint density at radius 1 is 0.971 bits per heavy atom. The molecule has 2 fully saturated rings. The number of fused-ring (bicyclic) bond motifs is 1. The molecule has 0 unspecified atom stereocenters. The maximum atomic E-state index is 10.0. The lowest BCUT2D eigenvalue weighted by Gasteiger charge is -2.37. The van der Waals surface area contributed by atoms with E-state index in [-0.39, 0.29) is 18.3 Å². The minimum atomic E-state index is -0.105. The highest BCUT2D eigenvalue weighted by molar-refractivity contribution is 5.51. The van der Waals surface area contributed by atoms with Gasteiger partial charge in [-0.1, -0.05) is 43.9 Å². The highest BCUT2D eigenvalue weighted by atomic mass is 16.7. The number of phenols is 1. The molecule has 34 heavy (non-hydrogen) atoms. The number of nitrogens with zero attached hydrogens (tertiary/aromatic N) is 1. The first-order valence-electron chi connectivity index (χ1n) is 13.0. The van der Waals surface area contributed by atoms with Crippen LogP contribution in [0.1, 0.15) is 67.6 Å². The molecule has 5 nitrogen and oxygen atoms in total. The predicted molar refractivity (Wildman–Crippen MR) is 134 cm³/mol. The first-order valence-corrected chi connectivity index (χ1v) is 13.0. The number of phenolic OH excluding ortho intramolecular Hbond substituents is 1. The van der Waals surface area contributed by atoms with E-state index >= 15 is 0 Å². The van der Waals surface area contributed by atoms with Crippen LogP contribution in [0, 0.1) is 11.8 Å². The van der Waals surface area contributed by atoms with Crippen molar-refractivity contribution in [2.75, 3.05) is 32.2 Å². The number of anilines is 1. The van der Waals surface area contributed by atoms with Gasteiger partial charge in [0.2, 0.25) is 0 Å². The Hall–Kier alpha value is -2.08. The normalized spacial score (nSPS) is 24.0. The number of aromatic hydroxyl groups is 1. The van der Waals surface area contributed by atoms with Gasteiger partial charge in [0.15, 0.2) is 6.29 Å². The molecule has 5 heteroatoms. The van der Waals surface area contributed by atoms with Crippen molar-refractivity contribution < 1.29 is 19.3 Å². The molecule has 184 valence electrons. The summed E-state index contributed by atoms with van der Waals surface area (Å²) in [4.78, 5) is 2.47. The van der Waals surface area contributed by atoms with Crippen LogP contribution in [0.3, 0.4) is 0 Å². The first kappa shape index (κ1) is 23.7. The van der Waals surface area contributed by atoms with E-state index in [1.807, 2.05) is 12.1 Å². The van der Waals surface area contributed by atoms with Crippen LogP contribution in [-0.4, -0.2) is 44.8 Å². The lowest BCUT2D eigenvalue weighted by atomic mass is 9.79. The molecule has 2 aromatic rings. The highest BCUT2D eigenvalue weighted by Crippen LogP contribution is 2.43. The van der Waals surface area contributed by atoms with Crippen molar-refractivity contribution in [3.63, 3.8) is 0 Å². The fraction of sp³-hybridized carbons (Fsp3) is 0.586. The monoisotopic (exact) mass is 465 g/mol. The molecule has 0 aromatic heterocycles. The van der Waals surface area contributed by atoms with Crippen LogP contribution in [0.5, 0.6) is 5.75 Å². The van der Waals surface area contributed by atoms with E-state index < -0.39 is 0 Å². The molecular weight excluding hydrogens is 426 g/mol. The second kappa shape index (κ2) is 10.7. The summed E-state index contributed by atoms with van der Waals surface area (Å²) in [5.41, 5.74) is 5.02. The number of methoxy groups -OCH3 is 2. The lowest BCUT2D eigenvalue weighted by molar-refractivity contribution is -0.141. The smallest absolute Gasteiger partial charge is 0.159 e. The van der Waals surface area contributed by atoms with E-state index in [0.29, 0.717) is 18.3 Å². The zero-order valence-corrected chi connectivity index (χ0v) is 20.6. The van der Waals surface area contributed by atoms with E-state index in [4.69, 9.17) is 14.2 Å². The van der Waals surface area contributed by atoms with Crippen molar-refractivity contribution >= 4 is 5.69 Å². The fourth-order valence-electron chi connectivity index (χ4n) is 6.49. The minimum absolute atomic E-state index is 0.105. The van der Waals surface area contributed by atoms with Crippen molar-refractivity contribution in [2.45, 2.75) is 69.9 Å². The molecular formula is C29H39NO4. The predicted octanol–water partition coefficient (Wildman–Crippen LogP) is 5.84. The molecule has 1 saturated heterocycles. The third kappa shape index (κ3) is 4.98. The molecule has 1 aliphatic carbocycles. The average molecular weight is 466 g/mol. The molecule has 0 bridgehead atoms. The molecule has 3 aliphatic rings. The van der Waals surface area contributed by atoms with Crippen molar-refractivity contribution in [1.82, 2.24) is 0 Å². The Kier molecular flexibility index (Phi) is 7.43. The second-order valence-corrected chi connectivity index (χ2v) is 10.4. The molecule has 0 amide bonds. The fourth-order valence-corrected chi connectivity index (χ4v) is 6.49. The van der Waals surface area contributed by atoms with Gasteiger partial charge in [0, 0.05) is 44.8 Å². The Balaban J connectivity index is 1.34. The molecule has 0 spiro atoms. The largest absolute Gasteiger partial charge is 0.508 e. The zero-order valence-electron chi connectivity index (χ0n) is 20.6. The maximum Gasteiger partial charge on any atom is 0.159 e. The molecule has 5 rings (SSSR count). The first-order chi connectivity index (χ1) is 16.7. The highest BCUT2D eigenvalue weighted by Gasteiger charge is 2.34. The van der Waals surface area contributed by atoms with Gasteiger partial charge in [0.25, 0.3) is 0 Å². The van der Waals surface area contributed by atoms with Gasteiger partial charge in [-0.15, -0.1) is 0 Å². The molecule has 2 heterocycles. The molecule has 1 saturated carbocycles. The average Bonchev–Trinajstić information content (AvgIpc) is 3.38. The lowest BCUT2D eigenvalue weighted by Crippen LogP contribution is -2.39. The number of rotatable bonds is 7. The van der Waals surface area contributed by atoms with Gasteiger partial charge in [-0.2, -0.15) is 0 Å². The number of hydrogen-bond acceptors (Lipinski definition) is 5. The molecule has 2 aromatic carbocycles. The van der Waals surface area contributed by atoms with E-state index in [1.165, 1.54) is 42.5 Å². The minimum Gasteiger partial charge on any atom is -0.508 e. The molecule has 2 atom stereocenters. The number of hydrogen-bond donors (Lipinski definition) is 1. The van der Waals surface area contributed by atoms with Crippen LogP contribution in [0.25, 0.3) is 0 Å². The summed E-state index contributed by atoms with van der Waals surface area (Å²) in [6.07, 6.45) is 8.74. The van der Waals surface area contributed by atoms with E-state index in [9.17, 15) is 5.11 Å².